The molecular formula is C24H22FN3O5. The Morgan fingerprint density at radius 3 is 2.55 bits per heavy atom. The van der Waals surface area contributed by atoms with Gasteiger partial charge in [0, 0.05) is 23.4 Å². The Labute approximate surface area is 189 Å². The summed E-state index contributed by atoms with van der Waals surface area (Å²) in [6.45, 7) is 1.33. The van der Waals surface area contributed by atoms with E-state index in [9.17, 15) is 18.8 Å². The van der Waals surface area contributed by atoms with E-state index in [-0.39, 0.29) is 35.4 Å². The number of carbonyl (C=O) groups excluding carboxylic acids is 3. The van der Waals surface area contributed by atoms with Crippen LogP contribution < -0.4 is 20.7 Å². The fourth-order valence-corrected chi connectivity index (χ4v) is 3.11. The zero-order valence-electron chi connectivity index (χ0n) is 17.8. The summed E-state index contributed by atoms with van der Waals surface area (Å²) in [5, 5.41) is 7.88. The van der Waals surface area contributed by atoms with Crippen molar-refractivity contribution in [1.29, 1.82) is 0 Å². The number of ether oxygens (including phenoxy) is 1. The predicted octanol–water partition coefficient (Wildman–Crippen LogP) is 4.35. The highest BCUT2D eigenvalue weighted by atomic mass is 19.1. The van der Waals surface area contributed by atoms with E-state index in [4.69, 9.17) is 9.15 Å². The molecule has 0 aliphatic heterocycles. The Morgan fingerprint density at radius 1 is 1.03 bits per heavy atom. The van der Waals surface area contributed by atoms with E-state index in [0.29, 0.717) is 17.2 Å². The molecule has 170 valence electrons. The monoisotopic (exact) mass is 451 g/mol. The lowest BCUT2D eigenvalue weighted by atomic mass is 10.2. The first-order chi connectivity index (χ1) is 15.9. The van der Waals surface area contributed by atoms with Crippen molar-refractivity contribution in [2.75, 3.05) is 22.6 Å². The summed E-state index contributed by atoms with van der Waals surface area (Å²) in [4.78, 5) is 36.5. The van der Waals surface area contributed by atoms with Crippen molar-refractivity contribution in [3.05, 3.63) is 71.9 Å². The van der Waals surface area contributed by atoms with Crippen LogP contribution in [0.25, 0.3) is 0 Å². The van der Waals surface area contributed by atoms with Gasteiger partial charge in [-0.3, -0.25) is 14.4 Å². The van der Waals surface area contributed by atoms with E-state index >= 15 is 0 Å². The number of benzene rings is 2. The maximum absolute atomic E-state index is 14.2. The molecule has 0 radical (unpaired) electrons. The van der Waals surface area contributed by atoms with Crippen molar-refractivity contribution in [2.24, 2.45) is 5.92 Å². The van der Waals surface area contributed by atoms with Crippen LogP contribution in [0.3, 0.4) is 0 Å². The Morgan fingerprint density at radius 2 is 1.82 bits per heavy atom. The first kappa shape index (κ1) is 22.1. The standard InChI is InChI=1S/C24H22FN3O5/c1-14-19(9-10-32-14)24(31)28-21-12-17(7-8-20(21)25)26-22(29)13-33-18-4-2-3-16(11-18)27-23(30)15-5-6-15/h2-4,7-12,15H,5-6,13H2,1H3,(H,26,29)(H,27,30)(H,28,31). The molecule has 0 bridgehead atoms. The van der Waals surface area contributed by atoms with E-state index in [1.807, 2.05) is 0 Å². The fraction of sp³-hybridized carbons (Fsp3) is 0.208. The third kappa shape index (κ3) is 5.76. The summed E-state index contributed by atoms with van der Waals surface area (Å²) in [5.74, 6) is -0.769. The van der Waals surface area contributed by atoms with Crippen LogP contribution in [-0.2, 0) is 9.59 Å². The molecule has 9 heteroatoms. The maximum atomic E-state index is 14.2. The number of amides is 3. The number of hydrogen-bond donors (Lipinski definition) is 3. The lowest BCUT2D eigenvalue weighted by Crippen LogP contribution is -2.20. The average molecular weight is 451 g/mol. The second kappa shape index (κ2) is 9.56. The molecule has 1 aliphatic carbocycles. The second-order valence-electron chi connectivity index (χ2n) is 7.67. The molecule has 3 N–H and O–H groups in total. The van der Waals surface area contributed by atoms with Gasteiger partial charge in [-0.1, -0.05) is 6.07 Å². The molecule has 3 amide bonds. The minimum Gasteiger partial charge on any atom is -0.484 e. The van der Waals surface area contributed by atoms with Crippen molar-refractivity contribution in [3.8, 4) is 5.75 Å². The molecule has 1 aliphatic rings. The minimum absolute atomic E-state index is 0.0213. The highest BCUT2D eigenvalue weighted by Gasteiger charge is 2.29. The van der Waals surface area contributed by atoms with Crippen LogP contribution in [0.1, 0.15) is 29.0 Å². The molecule has 0 spiro atoms. The smallest absolute Gasteiger partial charge is 0.262 e. The third-order valence-electron chi connectivity index (χ3n) is 5.02. The highest BCUT2D eigenvalue weighted by Crippen LogP contribution is 2.30. The van der Waals surface area contributed by atoms with Crippen LogP contribution in [0.15, 0.2) is 59.2 Å². The van der Waals surface area contributed by atoms with Gasteiger partial charge in [0.25, 0.3) is 11.8 Å². The van der Waals surface area contributed by atoms with E-state index in [2.05, 4.69) is 16.0 Å². The lowest BCUT2D eigenvalue weighted by Gasteiger charge is -2.11. The van der Waals surface area contributed by atoms with Crippen molar-refractivity contribution < 1.29 is 27.9 Å². The van der Waals surface area contributed by atoms with Gasteiger partial charge in [0.2, 0.25) is 5.91 Å². The fourth-order valence-electron chi connectivity index (χ4n) is 3.11. The van der Waals surface area contributed by atoms with Gasteiger partial charge < -0.3 is 25.1 Å². The molecule has 33 heavy (non-hydrogen) atoms. The molecule has 4 rings (SSSR count). The molecule has 1 fully saturated rings. The molecule has 0 atom stereocenters. The number of anilines is 3. The Kier molecular flexibility index (Phi) is 6.39. The molecule has 1 heterocycles. The number of rotatable bonds is 8. The predicted molar refractivity (Wildman–Crippen MR) is 120 cm³/mol. The first-order valence-electron chi connectivity index (χ1n) is 10.4. The molecule has 0 saturated heterocycles. The number of carbonyl (C=O) groups is 3. The van der Waals surface area contributed by atoms with Gasteiger partial charge in [0.15, 0.2) is 6.61 Å². The number of nitrogens with one attached hydrogen (secondary N) is 3. The summed E-state index contributed by atoms with van der Waals surface area (Å²) >= 11 is 0. The first-order valence-corrected chi connectivity index (χ1v) is 10.4. The maximum Gasteiger partial charge on any atom is 0.262 e. The topological polar surface area (TPSA) is 110 Å². The van der Waals surface area contributed by atoms with Gasteiger partial charge in [-0.05, 0) is 56.2 Å². The minimum atomic E-state index is -0.649. The van der Waals surface area contributed by atoms with E-state index in [1.54, 1.807) is 31.2 Å². The number of hydrogen-bond acceptors (Lipinski definition) is 5. The largest absolute Gasteiger partial charge is 0.484 e. The zero-order valence-corrected chi connectivity index (χ0v) is 17.8. The quantitative estimate of drug-likeness (QED) is 0.472. The molecule has 3 aromatic rings. The Bertz CT molecular complexity index is 1200. The second-order valence-corrected chi connectivity index (χ2v) is 7.67. The zero-order chi connectivity index (χ0) is 23.4. The highest BCUT2D eigenvalue weighted by molar-refractivity contribution is 6.05. The van der Waals surface area contributed by atoms with Gasteiger partial charge in [-0.15, -0.1) is 0 Å². The summed E-state index contributed by atoms with van der Waals surface area (Å²) in [5.41, 5.74) is 1.08. The van der Waals surface area contributed by atoms with Crippen LogP contribution in [0.2, 0.25) is 0 Å². The van der Waals surface area contributed by atoms with Gasteiger partial charge in [-0.2, -0.15) is 0 Å². The number of furan rings is 1. The van der Waals surface area contributed by atoms with Crippen molar-refractivity contribution >= 4 is 34.8 Å². The molecule has 2 aromatic carbocycles. The Balaban J connectivity index is 1.33. The molecular weight excluding hydrogens is 429 g/mol. The molecule has 8 nitrogen and oxygen atoms in total. The lowest BCUT2D eigenvalue weighted by molar-refractivity contribution is -0.118. The van der Waals surface area contributed by atoms with Crippen LogP contribution in [-0.4, -0.2) is 24.3 Å². The number of aryl methyl sites for hydroxylation is 1. The molecule has 1 aromatic heterocycles. The van der Waals surface area contributed by atoms with Crippen molar-refractivity contribution in [1.82, 2.24) is 0 Å². The molecule has 1 saturated carbocycles. The van der Waals surface area contributed by atoms with Crippen molar-refractivity contribution in [3.63, 3.8) is 0 Å². The third-order valence-corrected chi connectivity index (χ3v) is 5.02. The van der Waals surface area contributed by atoms with E-state index in [0.717, 1.165) is 18.9 Å². The SMILES string of the molecule is Cc1occc1C(=O)Nc1cc(NC(=O)COc2cccc(NC(=O)C3CC3)c2)ccc1F. The van der Waals surface area contributed by atoms with Crippen LogP contribution >= 0.6 is 0 Å². The van der Waals surface area contributed by atoms with Crippen molar-refractivity contribution in [2.45, 2.75) is 19.8 Å². The van der Waals surface area contributed by atoms with Gasteiger partial charge in [0.1, 0.15) is 17.3 Å². The van der Waals surface area contributed by atoms with Crippen LogP contribution in [0.5, 0.6) is 5.75 Å². The number of halogens is 1. The Hall–Kier alpha value is -4.14. The van der Waals surface area contributed by atoms with Crippen LogP contribution in [0, 0.1) is 18.7 Å². The van der Waals surface area contributed by atoms with Gasteiger partial charge >= 0.3 is 0 Å². The van der Waals surface area contributed by atoms with Crippen LogP contribution in [0.4, 0.5) is 21.5 Å². The van der Waals surface area contributed by atoms with E-state index in [1.165, 1.54) is 24.5 Å². The normalized spacial score (nSPS) is 12.7. The summed E-state index contributed by atoms with van der Waals surface area (Å²) in [7, 11) is 0. The van der Waals surface area contributed by atoms with Gasteiger partial charge in [-0.25, -0.2) is 4.39 Å². The molecule has 0 unspecified atom stereocenters. The van der Waals surface area contributed by atoms with E-state index < -0.39 is 17.6 Å². The average Bonchev–Trinajstić information content (AvgIpc) is 3.56. The summed E-state index contributed by atoms with van der Waals surface area (Å²) in [6.07, 6.45) is 3.17. The summed E-state index contributed by atoms with van der Waals surface area (Å²) < 4.78 is 24.7. The van der Waals surface area contributed by atoms with Gasteiger partial charge in [0.05, 0.1) is 17.5 Å². The summed E-state index contributed by atoms with van der Waals surface area (Å²) in [6, 6.07) is 12.1.